The Labute approximate surface area is 163 Å². The van der Waals surface area contributed by atoms with Crippen LogP contribution in [0.25, 0.3) is 0 Å². The zero-order valence-electron chi connectivity index (χ0n) is 14.7. The first-order chi connectivity index (χ1) is 13.0. The Bertz CT molecular complexity index is 784. The van der Waals surface area contributed by atoms with Gasteiger partial charge in [0.05, 0.1) is 0 Å². The van der Waals surface area contributed by atoms with Crippen LogP contribution in [0.5, 0.6) is 0 Å². The number of carbonyl (C=O) groups is 2. The number of carboxylic acid groups (broad SMARTS) is 1. The second kappa shape index (κ2) is 10.8. The van der Waals surface area contributed by atoms with E-state index in [1.54, 1.807) is 12.1 Å². The fourth-order valence-electron chi connectivity index (χ4n) is 2.33. The normalized spacial score (nSPS) is 9.93. The number of carbonyl (C=O) groups excluding carboxylic acids is 1. The lowest BCUT2D eigenvalue weighted by molar-refractivity contribution is -0.115. The predicted octanol–water partition coefficient (Wildman–Crippen LogP) is 2.10. The molecule has 27 heavy (non-hydrogen) atoms. The van der Waals surface area contributed by atoms with Crippen molar-refractivity contribution >= 4 is 35.0 Å². The molecule has 0 saturated heterocycles. The molecule has 0 aliphatic carbocycles. The van der Waals surface area contributed by atoms with Crippen LogP contribution < -0.4 is 21.3 Å². The van der Waals surface area contributed by atoms with Crippen molar-refractivity contribution in [2.24, 2.45) is 0 Å². The molecule has 0 unspecified atom stereocenters. The van der Waals surface area contributed by atoms with E-state index in [1.165, 1.54) is 5.56 Å². The molecule has 0 aliphatic rings. The zero-order valence-corrected chi connectivity index (χ0v) is 15.5. The van der Waals surface area contributed by atoms with Crippen molar-refractivity contribution in [3.63, 3.8) is 0 Å². The van der Waals surface area contributed by atoms with Gasteiger partial charge in [0, 0.05) is 18.8 Å². The van der Waals surface area contributed by atoms with Crippen LogP contribution in [-0.2, 0) is 17.8 Å². The molecule has 2 amide bonds. The molecule has 142 valence electrons. The molecule has 0 fully saturated rings. The lowest BCUT2D eigenvalue weighted by Crippen LogP contribution is -2.36. The van der Waals surface area contributed by atoms with Gasteiger partial charge in [0.25, 0.3) is 0 Å². The molecule has 2 rings (SSSR count). The monoisotopic (exact) mass is 386 g/mol. The lowest BCUT2D eigenvalue weighted by atomic mass is 10.1. The van der Waals surface area contributed by atoms with Gasteiger partial charge >= 0.3 is 6.09 Å². The minimum atomic E-state index is -1.24. The van der Waals surface area contributed by atoms with Crippen molar-refractivity contribution in [2.75, 3.05) is 18.4 Å². The fraction of sp³-hybridized carbons (Fsp3) is 0.211. The molecule has 5 N–H and O–H groups in total. The van der Waals surface area contributed by atoms with Crippen LogP contribution in [0, 0.1) is 0 Å². The smallest absolute Gasteiger partial charge is 0.405 e. The van der Waals surface area contributed by atoms with Crippen LogP contribution >= 0.6 is 12.2 Å². The average Bonchev–Trinajstić information content (AvgIpc) is 2.66. The van der Waals surface area contributed by atoms with Crippen molar-refractivity contribution in [3.05, 3.63) is 65.7 Å². The van der Waals surface area contributed by atoms with Crippen molar-refractivity contribution in [2.45, 2.75) is 13.0 Å². The SMILES string of the molecule is O=C(O)NCC(=O)Nc1cccc(CNC(=S)NCCc2ccccc2)c1. The third-order valence-corrected chi connectivity index (χ3v) is 3.89. The Morgan fingerprint density at radius 1 is 0.926 bits per heavy atom. The van der Waals surface area contributed by atoms with Crippen molar-refractivity contribution in [1.29, 1.82) is 0 Å². The summed E-state index contributed by atoms with van der Waals surface area (Å²) in [7, 11) is 0. The highest BCUT2D eigenvalue weighted by Crippen LogP contribution is 2.10. The molecule has 0 aliphatic heterocycles. The van der Waals surface area contributed by atoms with Gasteiger partial charge in [-0.15, -0.1) is 0 Å². The van der Waals surface area contributed by atoms with Crippen LogP contribution in [-0.4, -0.2) is 35.3 Å². The molecule has 0 atom stereocenters. The second-order valence-electron chi connectivity index (χ2n) is 5.75. The number of rotatable bonds is 8. The topological polar surface area (TPSA) is 102 Å². The zero-order chi connectivity index (χ0) is 19.5. The number of hydrogen-bond donors (Lipinski definition) is 5. The predicted molar refractivity (Wildman–Crippen MR) is 109 cm³/mol. The van der Waals surface area contributed by atoms with E-state index in [-0.39, 0.29) is 6.54 Å². The molecule has 8 heteroatoms. The van der Waals surface area contributed by atoms with Gasteiger partial charge < -0.3 is 26.4 Å². The van der Waals surface area contributed by atoms with E-state index in [0.29, 0.717) is 17.3 Å². The van der Waals surface area contributed by atoms with E-state index >= 15 is 0 Å². The third-order valence-electron chi connectivity index (χ3n) is 3.61. The van der Waals surface area contributed by atoms with E-state index in [2.05, 4.69) is 28.1 Å². The number of hydrogen-bond acceptors (Lipinski definition) is 3. The minimum absolute atomic E-state index is 0.298. The van der Waals surface area contributed by atoms with Gasteiger partial charge in [-0.25, -0.2) is 4.79 Å². The molecule has 2 aromatic rings. The Kier molecular flexibility index (Phi) is 8.05. The highest BCUT2D eigenvalue weighted by atomic mass is 32.1. The molecular weight excluding hydrogens is 364 g/mol. The Balaban J connectivity index is 1.72. The molecule has 0 bridgehead atoms. The standard InChI is InChI=1S/C19H22N4O3S/c24-17(13-22-19(25)26)23-16-8-4-7-15(11-16)12-21-18(27)20-10-9-14-5-2-1-3-6-14/h1-8,11,22H,9-10,12-13H2,(H,23,24)(H,25,26)(H2,20,21,27). The molecule has 0 aromatic heterocycles. The van der Waals surface area contributed by atoms with E-state index in [1.807, 2.05) is 35.6 Å². The summed E-state index contributed by atoms with van der Waals surface area (Å²) < 4.78 is 0. The fourth-order valence-corrected chi connectivity index (χ4v) is 2.50. The number of anilines is 1. The average molecular weight is 386 g/mol. The molecule has 0 radical (unpaired) electrons. The van der Waals surface area contributed by atoms with Gasteiger partial charge in [0.2, 0.25) is 5.91 Å². The van der Waals surface area contributed by atoms with E-state index in [4.69, 9.17) is 17.3 Å². The minimum Gasteiger partial charge on any atom is -0.465 e. The highest BCUT2D eigenvalue weighted by Gasteiger charge is 2.05. The van der Waals surface area contributed by atoms with Gasteiger partial charge in [0.15, 0.2) is 5.11 Å². The van der Waals surface area contributed by atoms with Gasteiger partial charge in [-0.2, -0.15) is 0 Å². The maximum Gasteiger partial charge on any atom is 0.405 e. The van der Waals surface area contributed by atoms with Crippen molar-refractivity contribution < 1.29 is 14.7 Å². The first-order valence-electron chi connectivity index (χ1n) is 8.44. The van der Waals surface area contributed by atoms with Crippen molar-refractivity contribution in [1.82, 2.24) is 16.0 Å². The third kappa shape index (κ3) is 8.19. The van der Waals surface area contributed by atoms with Gasteiger partial charge in [-0.1, -0.05) is 42.5 Å². The quantitative estimate of drug-likeness (QED) is 0.445. The van der Waals surface area contributed by atoms with E-state index in [9.17, 15) is 9.59 Å². The van der Waals surface area contributed by atoms with E-state index < -0.39 is 12.0 Å². The van der Waals surface area contributed by atoms with Gasteiger partial charge in [0.1, 0.15) is 6.54 Å². The number of amides is 2. The number of thiocarbonyl (C=S) groups is 1. The summed E-state index contributed by atoms with van der Waals surface area (Å²) in [6.07, 6.45) is -0.356. The molecule has 0 spiro atoms. The van der Waals surface area contributed by atoms with Crippen LogP contribution in [0.1, 0.15) is 11.1 Å². The number of nitrogens with one attached hydrogen (secondary N) is 4. The molecule has 0 heterocycles. The maximum absolute atomic E-state index is 11.6. The summed E-state index contributed by atoms with van der Waals surface area (Å²) in [5.41, 5.74) is 2.77. The maximum atomic E-state index is 11.6. The first-order valence-corrected chi connectivity index (χ1v) is 8.85. The lowest BCUT2D eigenvalue weighted by Gasteiger charge is -2.12. The second-order valence-corrected chi connectivity index (χ2v) is 6.16. The summed E-state index contributed by atoms with van der Waals surface area (Å²) in [6.45, 7) is 0.948. The Hall–Kier alpha value is -3.13. The summed E-state index contributed by atoms with van der Waals surface area (Å²) in [5.74, 6) is -0.430. The molecule has 2 aromatic carbocycles. The summed E-state index contributed by atoms with van der Waals surface area (Å²) >= 11 is 5.27. The summed E-state index contributed by atoms with van der Waals surface area (Å²) in [6, 6.07) is 17.4. The van der Waals surface area contributed by atoms with Crippen LogP contribution in [0.2, 0.25) is 0 Å². The first kappa shape index (κ1) is 20.2. The highest BCUT2D eigenvalue weighted by molar-refractivity contribution is 7.80. The molecular formula is C19H22N4O3S. The van der Waals surface area contributed by atoms with Crippen LogP contribution in [0.4, 0.5) is 10.5 Å². The van der Waals surface area contributed by atoms with Gasteiger partial charge in [-0.3, -0.25) is 4.79 Å². The number of benzene rings is 2. The van der Waals surface area contributed by atoms with Crippen LogP contribution in [0.15, 0.2) is 54.6 Å². The van der Waals surface area contributed by atoms with E-state index in [0.717, 1.165) is 18.5 Å². The summed E-state index contributed by atoms with van der Waals surface area (Å²) in [5, 5.41) is 20.0. The molecule has 0 saturated carbocycles. The van der Waals surface area contributed by atoms with Crippen LogP contribution in [0.3, 0.4) is 0 Å². The largest absolute Gasteiger partial charge is 0.465 e. The Morgan fingerprint density at radius 2 is 1.67 bits per heavy atom. The van der Waals surface area contributed by atoms with Gasteiger partial charge in [-0.05, 0) is 41.9 Å². The van der Waals surface area contributed by atoms with Crippen molar-refractivity contribution in [3.8, 4) is 0 Å². The Morgan fingerprint density at radius 3 is 2.41 bits per heavy atom. The summed E-state index contributed by atoms with van der Waals surface area (Å²) in [4.78, 5) is 22.0. The molecule has 7 nitrogen and oxygen atoms in total.